The molecule has 24 heavy (non-hydrogen) atoms. The third-order valence-corrected chi connectivity index (χ3v) is 5.62. The fraction of sp³-hybridized carbons (Fsp3) is 0.650. The van der Waals surface area contributed by atoms with Gasteiger partial charge in [0, 0.05) is 12.6 Å². The zero-order valence-electron chi connectivity index (χ0n) is 14.8. The molecule has 0 spiro atoms. The predicted octanol–water partition coefficient (Wildman–Crippen LogP) is 3.56. The highest BCUT2D eigenvalue weighted by Gasteiger charge is 2.37. The summed E-state index contributed by atoms with van der Waals surface area (Å²) in [7, 11) is 0. The van der Waals surface area contributed by atoms with Gasteiger partial charge in [-0.15, -0.1) is 0 Å². The number of rotatable bonds is 6. The van der Waals surface area contributed by atoms with Gasteiger partial charge in [-0.25, -0.2) is 4.39 Å². The quantitative estimate of drug-likeness (QED) is 0.864. The summed E-state index contributed by atoms with van der Waals surface area (Å²) in [5.41, 5.74) is 0.941. The number of halogens is 1. The minimum atomic E-state index is -0.248. The van der Waals surface area contributed by atoms with Gasteiger partial charge < -0.3 is 5.32 Å². The largest absolute Gasteiger partial charge is 0.354 e. The van der Waals surface area contributed by atoms with E-state index < -0.39 is 0 Å². The Labute approximate surface area is 144 Å². The Balaban J connectivity index is 1.55. The number of hydrogen-bond donors (Lipinski definition) is 1. The molecule has 0 aromatic heterocycles. The number of carbonyl (C=O) groups excluding carboxylic acids is 1. The third kappa shape index (κ3) is 4.35. The molecule has 2 aliphatic rings. The van der Waals surface area contributed by atoms with Crippen molar-refractivity contribution < 1.29 is 9.18 Å². The van der Waals surface area contributed by atoms with Crippen LogP contribution in [0.4, 0.5) is 4.39 Å². The zero-order valence-corrected chi connectivity index (χ0v) is 14.8. The SMILES string of the molecule is CC1CCN(C(C)CNC(=O)C(c2ccc(F)cc2)C2CC2)CC1. The number of benzene rings is 1. The van der Waals surface area contributed by atoms with Crippen LogP contribution in [0.25, 0.3) is 0 Å². The van der Waals surface area contributed by atoms with Crippen molar-refractivity contribution in [2.75, 3.05) is 19.6 Å². The number of piperidine rings is 1. The molecule has 1 amide bonds. The minimum Gasteiger partial charge on any atom is -0.354 e. The fourth-order valence-electron chi connectivity index (χ4n) is 3.69. The lowest BCUT2D eigenvalue weighted by atomic mass is 9.93. The molecule has 2 unspecified atom stereocenters. The fourth-order valence-corrected chi connectivity index (χ4v) is 3.69. The van der Waals surface area contributed by atoms with E-state index in [2.05, 4.69) is 24.1 Å². The maximum atomic E-state index is 13.1. The van der Waals surface area contributed by atoms with Crippen LogP contribution in [0.1, 0.15) is 51.0 Å². The number of nitrogens with zero attached hydrogens (tertiary/aromatic N) is 1. The number of likely N-dealkylation sites (tertiary alicyclic amines) is 1. The van der Waals surface area contributed by atoms with E-state index in [1.165, 1.54) is 25.0 Å². The van der Waals surface area contributed by atoms with Gasteiger partial charge in [-0.3, -0.25) is 9.69 Å². The summed E-state index contributed by atoms with van der Waals surface area (Å²) in [6, 6.07) is 6.79. The van der Waals surface area contributed by atoms with E-state index in [9.17, 15) is 9.18 Å². The molecule has 1 N–H and O–H groups in total. The maximum Gasteiger partial charge on any atom is 0.227 e. The molecular formula is C20H29FN2O. The Hall–Kier alpha value is -1.42. The molecule has 0 bridgehead atoms. The Kier molecular flexibility index (Phi) is 5.54. The van der Waals surface area contributed by atoms with Gasteiger partial charge in [0.05, 0.1) is 5.92 Å². The highest BCUT2D eigenvalue weighted by Crippen LogP contribution is 2.42. The molecule has 1 heterocycles. The van der Waals surface area contributed by atoms with Crippen LogP contribution in [0.15, 0.2) is 24.3 Å². The van der Waals surface area contributed by atoms with Gasteiger partial charge in [0.25, 0.3) is 0 Å². The van der Waals surface area contributed by atoms with Gasteiger partial charge in [-0.2, -0.15) is 0 Å². The Morgan fingerprint density at radius 1 is 1.21 bits per heavy atom. The Bertz CT molecular complexity index is 547. The molecular weight excluding hydrogens is 303 g/mol. The van der Waals surface area contributed by atoms with Crippen molar-refractivity contribution in [3.63, 3.8) is 0 Å². The summed E-state index contributed by atoms with van der Waals surface area (Å²) in [6.07, 6.45) is 4.68. The lowest BCUT2D eigenvalue weighted by Gasteiger charge is -2.35. The van der Waals surface area contributed by atoms with E-state index in [1.807, 2.05) is 0 Å². The average molecular weight is 332 g/mol. The van der Waals surface area contributed by atoms with Gasteiger partial charge in [0.1, 0.15) is 5.82 Å². The highest BCUT2D eigenvalue weighted by atomic mass is 19.1. The van der Waals surface area contributed by atoms with Crippen molar-refractivity contribution >= 4 is 5.91 Å². The van der Waals surface area contributed by atoms with Crippen LogP contribution in [-0.2, 0) is 4.79 Å². The molecule has 3 nitrogen and oxygen atoms in total. The second-order valence-electron chi connectivity index (χ2n) is 7.68. The first-order valence-corrected chi connectivity index (χ1v) is 9.32. The van der Waals surface area contributed by atoms with Crippen LogP contribution in [0, 0.1) is 17.7 Å². The molecule has 2 atom stereocenters. The Morgan fingerprint density at radius 2 is 1.83 bits per heavy atom. The molecule has 1 saturated heterocycles. The molecule has 132 valence electrons. The van der Waals surface area contributed by atoms with Crippen molar-refractivity contribution in [1.82, 2.24) is 10.2 Å². The van der Waals surface area contributed by atoms with Crippen LogP contribution < -0.4 is 5.32 Å². The van der Waals surface area contributed by atoms with E-state index in [0.717, 1.165) is 37.4 Å². The number of amides is 1. The van der Waals surface area contributed by atoms with Crippen molar-refractivity contribution in [3.05, 3.63) is 35.6 Å². The Morgan fingerprint density at radius 3 is 2.42 bits per heavy atom. The zero-order chi connectivity index (χ0) is 17.1. The predicted molar refractivity (Wildman–Crippen MR) is 94.3 cm³/mol. The van der Waals surface area contributed by atoms with E-state index in [4.69, 9.17) is 0 Å². The van der Waals surface area contributed by atoms with Crippen LogP contribution in [0.5, 0.6) is 0 Å². The summed E-state index contributed by atoms with van der Waals surface area (Å²) in [5, 5.41) is 3.15. The number of carbonyl (C=O) groups is 1. The summed E-state index contributed by atoms with van der Waals surface area (Å²) < 4.78 is 13.1. The molecule has 3 rings (SSSR count). The molecule has 4 heteroatoms. The van der Waals surface area contributed by atoms with Crippen LogP contribution >= 0.6 is 0 Å². The van der Waals surface area contributed by atoms with Gasteiger partial charge >= 0.3 is 0 Å². The molecule has 0 radical (unpaired) electrons. The summed E-state index contributed by atoms with van der Waals surface area (Å²) in [4.78, 5) is 15.2. The summed E-state index contributed by atoms with van der Waals surface area (Å²) in [5.74, 6) is 0.963. The number of nitrogens with one attached hydrogen (secondary N) is 1. The van der Waals surface area contributed by atoms with E-state index in [0.29, 0.717) is 18.5 Å². The normalized spacial score (nSPS) is 22.1. The van der Waals surface area contributed by atoms with Gasteiger partial charge in [-0.1, -0.05) is 19.1 Å². The van der Waals surface area contributed by atoms with E-state index >= 15 is 0 Å². The number of hydrogen-bond acceptors (Lipinski definition) is 2. The van der Waals surface area contributed by atoms with Crippen molar-refractivity contribution in [2.24, 2.45) is 11.8 Å². The lowest BCUT2D eigenvalue weighted by molar-refractivity contribution is -0.123. The van der Waals surface area contributed by atoms with Crippen molar-refractivity contribution in [3.8, 4) is 0 Å². The van der Waals surface area contributed by atoms with Gasteiger partial charge in [0.15, 0.2) is 0 Å². The molecule has 1 aliphatic heterocycles. The molecule has 2 fully saturated rings. The standard InChI is InChI=1S/C20H29FN2O/c1-14-9-11-23(12-10-14)15(2)13-22-20(24)19(16-3-4-16)17-5-7-18(21)8-6-17/h5-8,14-16,19H,3-4,9-13H2,1-2H3,(H,22,24). The topological polar surface area (TPSA) is 32.3 Å². The smallest absolute Gasteiger partial charge is 0.227 e. The van der Waals surface area contributed by atoms with Gasteiger partial charge in [-0.05, 0) is 75.2 Å². The van der Waals surface area contributed by atoms with Gasteiger partial charge in [0.2, 0.25) is 5.91 Å². The second kappa shape index (κ2) is 7.64. The minimum absolute atomic E-state index is 0.0985. The molecule has 1 aliphatic carbocycles. The lowest BCUT2D eigenvalue weighted by Crippen LogP contribution is -2.46. The monoisotopic (exact) mass is 332 g/mol. The van der Waals surface area contributed by atoms with Crippen molar-refractivity contribution in [1.29, 1.82) is 0 Å². The molecule has 1 saturated carbocycles. The van der Waals surface area contributed by atoms with Crippen LogP contribution in [-0.4, -0.2) is 36.5 Å². The second-order valence-corrected chi connectivity index (χ2v) is 7.68. The van der Waals surface area contributed by atoms with Crippen molar-refractivity contribution in [2.45, 2.75) is 51.5 Å². The first-order valence-electron chi connectivity index (χ1n) is 9.32. The summed E-state index contributed by atoms with van der Waals surface area (Å²) >= 11 is 0. The van der Waals surface area contributed by atoms with Crippen LogP contribution in [0.3, 0.4) is 0 Å². The molecule has 1 aromatic rings. The first kappa shape index (κ1) is 17.4. The molecule has 1 aromatic carbocycles. The van der Waals surface area contributed by atoms with E-state index in [-0.39, 0.29) is 17.6 Å². The van der Waals surface area contributed by atoms with E-state index in [1.54, 1.807) is 12.1 Å². The summed E-state index contributed by atoms with van der Waals surface area (Å²) in [6.45, 7) is 7.45. The highest BCUT2D eigenvalue weighted by molar-refractivity contribution is 5.84. The maximum absolute atomic E-state index is 13.1. The third-order valence-electron chi connectivity index (χ3n) is 5.62. The van der Waals surface area contributed by atoms with Crippen LogP contribution in [0.2, 0.25) is 0 Å². The first-order chi connectivity index (χ1) is 11.5. The average Bonchev–Trinajstić information content (AvgIpc) is 3.40.